The first-order valence-corrected chi connectivity index (χ1v) is 8.04. The molecule has 2 rings (SSSR count). The molecule has 0 spiro atoms. The second-order valence-corrected chi connectivity index (χ2v) is 7.75. The van der Waals surface area contributed by atoms with Crippen LogP contribution < -0.4 is 0 Å². The molecular formula is C18H26F2NO. The lowest BCUT2D eigenvalue weighted by Crippen LogP contribution is -2.57. The van der Waals surface area contributed by atoms with Crippen LogP contribution in [0.4, 0.5) is 8.78 Å². The van der Waals surface area contributed by atoms with Crippen molar-refractivity contribution in [1.29, 1.82) is 0 Å². The van der Waals surface area contributed by atoms with Gasteiger partial charge in [0.25, 0.3) is 0 Å². The van der Waals surface area contributed by atoms with Gasteiger partial charge in [-0.05, 0) is 70.6 Å². The molecule has 0 atom stereocenters. The van der Waals surface area contributed by atoms with Gasteiger partial charge in [-0.15, -0.1) is 10.3 Å². The molecule has 1 radical (unpaired) electrons. The van der Waals surface area contributed by atoms with E-state index in [0.29, 0.717) is 24.8 Å². The summed E-state index contributed by atoms with van der Waals surface area (Å²) in [5.41, 5.74) is -0.420. The minimum Gasteiger partial charge on any atom is -0.207 e. The highest BCUT2D eigenvalue weighted by molar-refractivity contribution is 5.30. The van der Waals surface area contributed by atoms with Gasteiger partial charge in [0.2, 0.25) is 0 Å². The minimum absolute atomic E-state index is 0.147. The van der Waals surface area contributed by atoms with Crippen LogP contribution >= 0.6 is 0 Å². The molecule has 0 N–H and O–H groups in total. The van der Waals surface area contributed by atoms with Crippen LogP contribution in [0, 0.1) is 11.6 Å². The van der Waals surface area contributed by atoms with Crippen LogP contribution in [0.1, 0.15) is 70.9 Å². The standard InChI is InChI=1S/C18H26F2NO/c1-6-7-12-8-14(19)16(15(20)9-12)13-10-17(2,3)21(22)18(4,5)11-13/h8-9,13H,6-7,10-11H2,1-5H3. The summed E-state index contributed by atoms with van der Waals surface area (Å²) in [7, 11) is 0. The number of halogens is 2. The third-order valence-corrected chi connectivity index (χ3v) is 4.68. The van der Waals surface area contributed by atoms with Gasteiger partial charge in [0.15, 0.2) is 0 Å². The summed E-state index contributed by atoms with van der Waals surface area (Å²) in [6.45, 7) is 9.35. The Morgan fingerprint density at radius 3 is 1.95 bits per heavy atom. The molecule has 0 amide bonds. The van der Waals surface area contributed by atoms with Gasteiger partial charge in [-0.2, -0.15) is 0 Å². The van der Waals surface area contributed by atoms with Gasteiger partial charge >= 0.3 is 0 Å². The zero-order chi connectivity index (χ0) is 16.7. The van der Waals surface area contributed by atoms with Gasteiger partial charge in [0.1, 0.15) is 11.6 Å². The molecule has 22 heavy (non-hydrogen) atoms. The highest BCUT2D eigenvalue weighted by Crippen LogP contribution is 2.46. The van der Waals surface area contributed by atoms with E-state index in [0.717, 1.165) is 11.5 Å². The molecule has 0 unspecified atom stereocenters. The molecule has 1 aromatic rings. The highest BCUT2D eigenvalue weighted by atomic mass is 19.1. The third kappa shape index (κ3) is 3.18. The van der Waals surface area contributed by atoms with Gasteiger partial charge in [-0.1, -0.05) is 13.3 Å². The first kappa shape index (κ1) is 17.4. The average molecular weight is 310 g/mol. The predicted octanol–water partition coefficient (Wildman–Crippen LogP) is 5.00. The number of nitrogens with zero attached hydrogens (tertiary/aromatic N) is 1. The summed E-state index contributed by atoms with van der Waals surface area (Å²) in [6.07, 6.45) is 2.44. The molecule has 1 fully saturated rings. The summed E-state index contributed by atoms with van der Waals surface area (Å²) in [4.78, 5) is 0. The van der Waals surface area contributed by atoms with Crippen LogP contribution in [-0.4, -0.2) is 16.1 Å². The average Bonchev–Trinajstić information content (AvgIpc) is 2.34. The maximum absolute atomic E-state index is 14.5. The largest absolute Gasteiger partial charge is 0.207 e. The SMILES string of the molecule is CCCc1cc(F)c(C2CC(C)(C)N([O])C(C)(C)C2)c(F)c1. The van der Waals surface area contributed by atoms with Crippen LogP contribution in [0.15, 0.2) is 12.1 Å². The zero-order valence-electron chi connectivity index (χ0n) is 14.2. The maximum atomic E-state index is 14.5. The van der Waals surface area contributed by atoms with Crippen molar-refractivity contribution in [1.82, 2.24) is 5.06 Å². The fourth-order valence-corrected chi connectivity index (χ4v) is 3.93. The van der Waals surface area contributed by atoms with Crippen molar-refractivity contribution in [2.24, 2.45) is 0 Å². The number of rotatable bonds is 3. The van der Waals surface area contributed by atoms with Crippen LogP contribution in [-0.2, 0) is 11.6 Å². The van der Waals surface area contributed by atoms with Gasteiger partial charge in [0, 0.05) is 16.6 Å². The Balaban J connectivity index is 2.40. The quantitative estimate of drug-likeness (QED) is 0.770. The molecule has 1 aliphatic rings. The minimum atomic E-state index is -0.632. The van der Waals surface area contributed by atoms with Crippen LogP contribution in [0.5, 0.6) is 0 Å². The van der Waals surface area contributed by atoms with Crippen molar-refractivity contribution >= 4 is 0 Å². The summed E-state index contributed by atoms with van der Waals surface area (Å²) >= 11 is 0. The molecule has 4 heteroatoms. The molecule has 1 aliphatic heterocycles. The summed E-state index contributed by atoms with van der Waals surface area (Å²) in [5, 5.41) is 13.5. The molecule has 123 valence electrons. The van der Waals surface area contributed by atoms with E-state index in [1.807, 2.05) is 34.6 Å². The smallest absolute Gasteiger partial charge is 0.129 e. The Kier molecular flexibility index (Phi) is 4.65. The topological polar surface area (TPSA) is 23.1 Å². The highest BCUT2D eigenvalue weighted by Gasteiger charge is 2.47. The molecule has 0 saturated carbocycles. The van der Waals surface area contributed by atoms with E-state index in [4.69, 9.17) is 0 Å². The van der Waals surface area contributed by atoms with Crippen molar-refractivity contribution in [3.05, 3.63) is 34.9 Å². The number of hydrogen-bond acceptors (Lipinski definition) is 1. The Morgan fingerprint density at radius 2 is 1.55 bits per heavy atom. The summed E-state index contributed by atoms with van der Waals surface area (Å²) < 4.78 is 29.0. The second kappa shape index (κ2) is 5.89. The number of piperidine rings is 1. The van der Waals surface area contributed by atoms with E-state index in [-0.39, 0.29) is 11.5 Å². The van der Waals surface area contributed by atoms with Crippen LogP contribution in [0.25, 0.3) is 0 Å². The molecule has 0 bridgehead atoms. The number of hydroxylamine groups is 2. The zero-order valence-corrected chi connectivity index (χ0v) is 14.2. The molecular weight excluding hydrogens is 284 g/mol. The predicted molar refractivity (Wildman–Crippen MR) is 83.0 cm³/mol. The normalized spacial score (nSPS) is 22.0. The van der Waals surface area contributed by atoms with E-state index < -0.39 is 22.7 Å². The van der Waals surface area contributed by atoms with E-state index in [1.165, 1.54) is 12.1 Å². The first-order chi connectivity index (χ1) is 10.1. The van der Waals surface area contributed by atoms with Gasteiger partial charge in [0.05, 0.1) is 0 Å². The van der Waals surface area contributed by atoms with Crippen molar-refractivity contribution in [3.8, 4) is 0 Å². The second-order valence-electron chi connectivity index (χ2n) is 7.75. The van der Waals surface area contributed by atoms with Crippen molar-refractivity contribution in [2.45, 2.75) is 77.3 Å². The molecule has 1 aromatic carbocycles. The fourth-order valence-electron chi connectivity index (χ4n) is 3.93. The lowest BCUT2D eigenvalue weighted by molar-refractivity contribution is -0.289. The Hall–Kier alpha value is -1.00. The van der Waals surface area contributed by atoms with E-state index in [1.54, 1.807) is 0 Å². The van der Waals surface area contributed by atoms with Crippen molar-refractivity contribution in [2.75, 3.05) is 0 Å². The Labute approximate surface area is 132 Å². The molecule has 0 aromatic heterocycles. The van der Waals surface area contributed by atoms with Crippen molar-refractivity contribution < 1.29 is 14.0 Å². The number of benzene rings is 1. The number of aryl methyl sites for hydroxylation is 1. The lowest BCUT2D eigenvalue weighted by atomic mass is 9.72. The number of hydrogen-bond donors (Lipinski definition) is 0. The molecule has 0 aliphatic carbocycles. The fraction of sp³-hybridized carbons (Fsp3) is 0.667. The van der Waals surface area contributed by atoms with E-state index in [9.17, 15) is 14.0 Å². The summed E-state index contributed by atoms with van der Waals surface area (Å²) in [6, 6.07) is 2.90. The summed E-state index contributed by atoms with van der Waals surface area (Å²) in [5.74, 6) is -1.22. The van der Waals surface area contributed by atoms with Gasteiger partial charge in [-0.25, -0.2) is 8.78 Å². The Bertz CT molecular complexity index is 513. The van der Waals surface area contributed by atoms with Crippen LogP contribution in [0.2, 0.25) is 0 Å². The van der Waals surface area contributed by atoms with Gasteiger partial charge < -0.3 is 0 Å². The van der Waals surface area contributed by atoms with Gasteiger partial charge in [-0.3, -0.25) is 0 Å². The molecule has 2 nitrogen and oxygen atoms in total. The third-order valence-electron chi connectivity index (χ3n) is 4.68. The first-order valence-electron chi connectivity index (χ1n) is 8.04. The lowest BCUT2D eigenvalue weighted by Gasteiger charge is -2.50. The molecule has 1 saturated heterocycles. The van der Waals surface area contributed by atoms with Crippen molar-refractivity contribution in [3.63, 3.8) is 0 Å². The Morgan fingerprint density at radius 1 is 1.09 bits per heavy atom. The monoisotopic (exact) mass is 310 g/mol. The van der Waals surface area contributed by atoms with E-state index in [2.05, 4.69) is 0 Å². The maximum Gasteiger partial charge on any atom is 0.129 e. The van der Waals surface area contributed by atoms with E-state index >= 15 is 0 Å². The van der Waals surface area contributed by atoms with Crippen LogP contribution in [0.3, 0.4) is 0 Å². The molecule has 1 heterocycles.